The lowest BCUT2D eigenvalue weighted by Gasteiger charge is -2.27. The molecule has 21 heavy (non-hydrogen) atoms. The predicted molar refractivity (Wildman–Crippen MR) is 77.5 cm³/mol. The van der Waals surface area contributed by atoms with Crippen molar-refractivity contribution in [2.75, 3.05) is 6.54 Å². The van der Waals surface area contributed by atoms with Crippen molar-refractivity contribution >= 4 is 5.91 Å². The summed E-state index contributed by atoms with van der Waals surface area (Å²) in [7, 11) is 0. The largest absolute Gasteiger partial charge is 0.388 e. The molecule has 2 aromatic heterocycles. The molecule has 0 radical (unpaired) electrons. The molecule has 2 N–H and O–H groups in total. The van der Waals surface area contributed by atoms with E-state index >= 15 is 0 Å². The Kier molecular flexibility index (Phi) is 4.37. The van der Waals surface area contributed by atoms with Crippen LogP contribution in [0.15, 0.2) is 35.1 Å². The normalized spacial score (nSPS) is 14.0. The number of aromatic nitrogens is 2. The Labute approximate surface area is 123 Å². The van der Waals surface area contributed by atoms with Gasteiger partial charge in [0.2, 0.25) is 0 Å². The second kappa shape index (κ2) is 6.05. The molecule has 112 valence electrons. The van der Waals surface area contributed by atoms with Crippen molar-refractivity contribution in [1.29, 1.82) is 0 Å². The van der Waals surface area contributed by atoms with E-state index < -0.39 is 5.60 Å². The van der Waals surface area contributed by atoms with E-state index in [4.69, 9.17) is 4.52 Å². The minimum Gasteiger partial charge on any atom is -0.388 e. The quantitative estimate of drug-likeness (QED) is 0.877. The van der Waals surface area contributed by atoms with Crippen LogP contribution in [0, 0.1) is 5.92 Å². The summed E-state index contributed by atoms with van der Waals surface area (Å²) in [6.45, 7) is 5.62. The van der Waals surface area contributed by atoms with Gasteiger partial charge < -0.3 is 14.9 Å². The van der Waals surface area contributed by atoms with Crippen molar-refractivity contribution in [3.8, 4) is 11.3 Å². The van der Waals surface area contributed by atoms with Crippen molar-refractivity contribution in [3.05, 3.63) is 36.3 Å². The van der Waals surface area contributed by atoms with Crippen LogP contribution >= 0.6 is 0 Å². The molecule has 0 fully saturated rings. The standard InChI is InChI=1S/C15H19N3O3/c1-10(2)15(3,20)9-17-14(19)12-7-13(21-18-12)11-5-4-6-16-8-11/h4-8,10,20H,9H2,1-3H3,(H,17,19). The summed E-state index contributed by atoms with van der Waals surface area (Å²) in [4.78, 5) is 16.0. The molecule has 2 rings (SSSR count). The van der Waals surface area contributed by atoms with Gasteiger partial charge in [0, 0.05) is 30.6 Å². The lowest BCUT2D eigenvalue weighted by atomic mass is 9.92. The summed E-state index contributed by atoms with van der Waals surface area (Å²) in [5, 5.41) is 16.5. The molecule has 1 atom stereocenters. The van der Waals surface area contributed by atoms with E-state index in [1.165, 1.54) is 0 Å². The summed E-state index contributed by atoms with van der Waals surface area (Å²) in [5.41, 5.74) is -0.0439. The summed E-state index contributed by atoms with van der Waals surface area (Å²) in [5.74, 6) is 0.125. The van der Waals surface area contributed by atoms with Crippen LogP contribution in [0.5, 0.6) is 0 Å². The van der Waals surface area contributed by atoms with Gasteiger partial charge in [0.25, 0.3) is 5.91 Å². The SMILES string of the molecule is CC(C)C(C)(O)CNC(=O)c1cc(-c2cccnc2)on1. The zero-order valence-corrected chi connectivity index (χ0v) is 12.3. The van der Waals surface area contributed by atoms with E-state index in [1.807, 2.05) is 19.9 Å². The molecule has 1 unspecified atom stereocenters. The summed E-state index contributed by atoms with van der Waals surface area (Å²) < 4.78 is 5.14. The number of carbonyl (C=O) groups is 1. The van der Waals surface area contributed by atoms with Crippen LogP contribution in [0.25, 0.3) is 11.3 Å². The molecule has 6 heteroatoms. The van der Waals surface area contributed by atoms with Crippen LogP contribution in [0.3, 0.4) is 0 Å². The highest BCUT2D eigenvalue weighted by Crippen LogP contribution is 2.19. The van der Waals surface area contributed by atoms with Crippen LogP contribution in [0.2, 0.25) is 0 Å². The Balaban J connectivity index is 2.03. The Morgan fingerprint density at radius 3 is 2.90 bits per heavy atom. The third kappa shape index (κ3) is 3.66. The molecule has 2 aromatic rings. The third-order valence-corrected chi connectivity index (χ3v) is 3.54. The maximum atomic E-state index is 12.0. The Morgan fingerprint density at radius 1 is 1.52 bits per heavy atom. The van der Waals surface area contributed by atoms with Gasteiger partial charge in [-0.2, -0.15) is 0 Å². The van der Waals surface area contributed by atoms with Gasteiger partial charge in [0.05, 0.1) is 5.60 Å². The number of hydrogen-bond acceptors (Lipinski definition) is 5. The average molecular weight is 289 g/mol. The summed E-state index contributed by atoms with van der Waals surface area (Å²) in [6.07, 6.45) is 3.28. The van der Waals surface area contributed by atoms with Gasteiger partial charge in [0.1, 0.15) is 0 Å². The summed E-state index contributed by atoms with van der Waals surface area (Å²) in [6, 6.07) is 5.15. The first kappa shape index (κ1) is 15.2. The number of rotatable bonds is 5. The van der Waals surface area contributed by atoms with E-state index in [9.17, 15) is 9.90 Å². The second-order valence-corrected chi connectivity index (χ2v) is 5.51. The van der Waals surface area contributed by atoms with Crippen LogP contribution in [-0.4, -0.2) is 33.3 Å². The van der Waals surface area contributed by atoms with Crippen LogP contribution in [0.1, 0.15) is 31.3 Å². The molecule has 0 aliphatic rings. The topological polar surface area (TPSA) is 88.2 Å². The molecule has 0 aliphatic carbocycles. The molecule has 0 aromatic carbocycles. The fourth-order valence-electron chi connectivity index (χ4n) is 1.58. The lowest BCUT2D eigenvalue weighted by Crippen LogP contribution is -2.44. The molecule has 1 amide bonds. The molecule has 0 saturated carbocycles. The number of nitrogens with zero attached hydrogens (tertiary/aromatic N) is 2. The van der Waals surface area contributed by atoms with Crippen molar-refractivity contribution in [1.82, 2.24) is 15.5 Å². The predicted octanol–water partition coefficient (Wildman–Crippen LogP) is 1.87. The van der Waals surface area contributed by atoms with E-state index in [0.717, 1.165) is 5.56 Å². The number of nitrogens with one attached hydrogen (secondary N) is 1. The molecule has 0 saturated heterocycles. The first-order valence-corrected chi connectivity index (χ1v) is 6.78. The fourth-order valence-corrected chi connectivity index (χ4v) is 1.58. The first-order chi connectivity index (χ1) is 9.90. The maximum Gasteiger partial charge on any atom is 0.273 e. The third-order valence-electron chi connectivity index (χ3n) is 3.54. The molecule has 6 nitrogen and oxygen atoms in total. The Morgan fingerprint density at radius 2 is 2.29 bits per heavy atom. The zero-order chi connectivity index (χ0) is 15.5. The number of aliphatic hydroxyl groups is 1. The Bertz CT molecular complexity index is 606. The molecular formula is C15H19N3O3. The van der Waals surface area contributed by atoms with E-state index in [0.29, 0.717) is 5.76 Å². The van der Waals surface area contributed by atoms with Gasteiger partial charge in [0.15, 0.2) is 11.5 Å². The van der Waals surface area contributed by atoms with E-state index in [2.05, 4.69) is 15.5 Å². The zero-order valence-electron chi connectivity index (χ0n) is 12.3. The fraction of sp³-hybridized carbons (Fsp3) is 0.400. The minimum absolute atomic E-state index is 0.0288. The highest BCUT2D eigenvalue weighted by Gasteiger charge is 2.26. The van der Waals surface area contributed by atoms with Crippen molar-refractivity contribution in [2.24, 2.45) is 5.92 Å². The minimum atomic E-state index is -0.967. The van der Waals surface area contributed by atoms with Gasteiger partial charge in [-0.3, -0.25) is 9.78 Å². The highest BCUT2D eigenvalue weighted by molar-refractivity contribution is 5.93. The lowest BCUT2D eigenvalue weighted by molar-refractivity contribution is 0.0141. The average Bonchev–Trinajstić information content (AvgIpc) is 2.95. The summed E-state index contributed by atoms with van der Waals surface area (Å²) >= 11 is 0. The Hall–Kier alpha value is -2.21. The van der Waals surface area contributed by atoms with Gasteiger partial charge in [-0.25, -0.2) is 0 Å². The number of hydrogen-bond donors (Lipinski definition) is 2. The second-order valence-electron chi connectivity index (χ2n) is 5.51. The first-order valence-electron chi connectivity index (χ1n) is 6.78. The van der Waals surface area contributed by atoms with Gasteiger partial charge in [-0.05, 0) is 25.0 Å². The molecule has 0 aliphatic heterocycles. The molecule has 0 bridgehead atoms. The smallest absolute Gasteiger partial charge is 0.273 e. The number of carbonyl (C=O) groups excluding carboxylic acids is 1. The van der Waals surface area contributed by atoms with E-state index in [-0.39, 0.29) is 24.1 Å². The number of pyridine rings is 1. The molecule has 0 spiro atoms. The van der Waals surface area contributed by atoms with Crippen molar-refractivity contribution in [2.45, 2.75) is 26.4 Å². The van der Waals surface area contributed by atoms with Crippen molar-refractivity contribution in [3.63, 3.8) is 0 Å². The van der Waals surface area contributed by atoms with E-state index in [1.54, 1.807) is 31.5 Å². The van der Waals surface area contributed by atoms with Crippen LogP contribution in [0.4, 0.5) is 0 Å². The van der Waals surface area contributed by atoms with Gasteiger partial charge in [-0.1, -0.05) is 19.0 Å². The van der Waals surface area contributed by atoms with Crippen LogP contribution in [-0.2, 0) is 0 Å². The number of amides is 1. The van der Waals surface area contributed by atoms with Gasteiger partial charge in [-0.15, -0.1) is 0 Å². The maximum absolute atomic E-state index is 12.0. The molecule has 2 heterocycles. The van der Waals surface area contributed by atoms with Gasteiger partial charge >= 0.3 is 0 Å². The van der Waals surface area contributed by atoms with Crippen LogP contribution < -0.4 is 5.32 Å². The molecular weight excluding hydrogens is 270 g/mol. The highest BCUT2D eigenvalue weighted by atomic mass is 16.5. The monoisotopic (exact) mass is 289 g/mol. The van der Waals surface area contributed by atoms with Crippen molar-refractivity contribution < 1.29 is 14.4 Å².